The Kier molecular flexibility index (Phi) is 5.99. The van der Waals surface area contributed by atoms with Crippen LogP contribution in [0.4, 0.5) is 0 Å². The molecular weight excluding hydrogens is 464 g/mol. The van der Waals surface area contributed by atoms with Crippen molar-refractivity contribution in [2.75, 3.05) is 0 Å². The second-order valence-electron chi connectivity index (χ2n) is 9.12. The van der Waals surface area contributed by atoms with Gasteiger partial charge in [-0.25, -0.2) is 9.68 Å². The maximum Gasteiger partial charge on any atom is 0.335 e. The highest BCUT2D eigenvalue weighted by molar-refractivity contribution is 7.85. The summed E-state index contributed by atoms with van der Waals surface area (Å²) in [5.41, 5.74) is 0.800. The van der Waals surface area contributed by atoms with Crippen molar-refractivity contribution in [1.29, 1.82) is 0 Å². The number of hydrogen-bond donors (Lipinski definition) is 2. The highest BCUT2D eigenvalue weighted by Gasteiger charge is 2.62. The number of ether oxygens (including phenoxy) is 2. The van der Waals surface area contributed by atoms with E-state index in [0.29, 0.717) is 12.0 Å². The van der Waals surface area contributed by atoms with Gasteiger partial charge in [-0.3, -0.25) is 4.55 Å². The Bertz CT molecular complexity index is 1160. The Morgan fingerprint density at radius 2 is 1.74 bits per heavy atom. The number of carbonyl (C=O) groups is 1. The minimum Gasteiger partial charge on any atom is -0.478 e. The Balaban J connectivity index is 1.43. The fourth-order valence-corrected chi connectivity index (χ4v) is 5.70. The summed E-state index contributed by atoms with van der Waals surface area (Å²) in [6.07, 6.45) is 4.25. The predicted octanol–water partition coefficient (Wildman–Crippen LogP) is 4.03. The molecule has 6 rings (SSSR count). The van der Waals surface area contributed by atoms with Crippen LogP contribution in [-0.2, 0) is 41.8 Å². The fourth-order valence-electron chi connectivity index (χ4n) is 5.22. The summed E-state index contributed by atoms with van der Waals surface area (Å²) >= 11 is 0. The summed E-state index contributed by atoms with van der Waals surface area (Å²) in [5.74, 6) is -2.10. The van der Waals surface area contributed by atoms with Gasteiger partial charge in [0.05, 0.1) is 17.1 Å². The molecule has 3 saturated heterocycles. The van der Waals surface area contributed by atoms with Crippen molar-refractivity contribution in [3.8, 4) is 0 Å². The first-order chi connectivity index (χ1) is 16.2. The van der Waals surface area contributed by atoms with Crippen molar-refractivity contribution >= 4 is 16.1 Å². The van der Waals surface area contributed by atoms with E-state index in [1.54, 1.807) is 24.3 Å². The zero-order valence-corrected chi connectivity index (χ0v) is 19.2. The van der Waals surface area contributed by atoms with Crippen LogP contribution in [-0.4, -0.2) is 35.9 Å². The van der Waals surface area contributed by atoms with Crippen LogP contribution in [0.3, 0.4) is 0 Å². The van der Waals surface area contributed by atoms with E-state index in [2.05, 4.69) is 0 Å². The van der Waals surface area contributed by atoms with E-state index in [-0.39, 0.29) is 23.0 Å². The third-order valence-corrected chi connectivity index (χ3v) is 7.97. The number of carboxylic acid groups (broad SMARTS) is 1. The smallest absolute Gasteiger partial charge is 0.335 e. The molecule has 0 aromatic heterocycles. The normalized spacial score (nSPS) is 31.0. The van der Waals surface area contributed by atoms with Crippen molar-refractivity contribution in [2.45, 2.75) is 67.7 Å². The molecule has 1 aliphatic carbocycles. The lowest BCUT2D eigenvalue weighted by atomic mass is 9.73. The molecule has 2 N–H and O–H groups in total. The number of rotatable bonds is 6. The molecule has 1 spiro atoms. The number of carboxylic acids is 1. The van der Waals surface area contributed by atoms with Gasteiger partial charge in [-0.15, -0.1) is 0 Å². The van der Waals surface area contributed by atoms with Crippen LogP contribution in [0.5, 0.6) is 0 Å². The molecule has 9 nitrogen and oxygen atoms in total. The Hall–Kier alpha value is -2.34. The molecular formula is C24H26O9S. The lowest BCUT2D eigenvalue weighted by Crippen LogP contribution is -2.59. The van der Waals surface area contributed by atoms with Gasteiger partial charge in [-0.05, 0) is 55.0 Å². The van der Waals surface area contributed by atoms with Crippen molar-refractivity contribution in [3.63, 3.8) is 0 Å². The first-order valence-electron chi connectivity index (χ1n) is 11.3. The first-order valence-corrected chi connectivity index (χ1v) is 12.7. The van der Waals surface area contributed by atoms with Crippen LogP contribution in [0.25, 0.3) is 0 Å². The fraction of sp³-hybridized carbons (Fsp3) is 0.458. The number of benzene rings is 2. The molecule has 3 aliphatic heterocycles. The Labute approximate surface area is 197 Å². The predicted molar refractivity (Wildman–Crippen MR) is 117 cm³/mol. The summed E-state index contributed by atoms with van der Waals surface area (Å²) in [7, 11) is -4.33. The van der Waals surface area contributed by atoms with Gasteiger partial charge in [0.2, 0.25) is 5.79 Å². The van der Waals surface area contributed by atoms with E-state index in [1.165, 1.54) is 24.3 Å². The maximum atomic E-state index is 11.4. The van der Waals surface area contributed by atoms with Crippen molar-refractivity contribution in [3.05, 3.63) is 65.2 Å². The standard InChI is InChI=1S/C24H26O9S/c25-21(26)17-6-4-16(5-7-17)15-30-22-23-13-2-1-3-18(23)12-14-24(31-22,33-32-23)19-8-10-20(11-9-19)34(27,28)29/h4-11,18,22H,1-3,12-15H2,(H,25,26)(H,27,28,29)/t18?,22?,23-,24+/m0/s1. The SMILES string of the molecule is O=C(O)c1ccc(COC2O[C@]3(c4ccc(S(=O)(=O)O)cc4)CCC4CCCC[C@]42OO3)cc1. The number of hydrogen-bond acceptors (Lipinski definition) is 7. The van der Waals surface area contributed by atoms with Gasteiger partial charge >= 0.3 is 5.97 Å². The van der Waals surface area contributed by atoms with Crippen LogP contribution in [0.2, 0.25) is 0 Å². The van der Waals surface area contributed by atoms with Crippen LogP contribution in [0, 0.1) is 5.92 Å². The lowest BCUT2D eigenvalue weighted by molar-refractivity contribution is -0.561. The second kappa shape index (κ2) is 8.71. The molecule has 4 atom stereocenters. The molecule has 1 saturated carbocycles. The summed E-state index contributed by atoms with van der Waals surface area (Å²) in [4.78, 5) is 22.9. The maximum absolute atomic E-state index is 11.4. The number of aromatic carboxylic acids is 1. The molecule has 4 fully saturated rings. The van der Waals surface area contributed by atoms with Crippen molar-refractivity contribution in [1.82, 2.24) is 0 Å². The lowest BCUT2D eigenvalue weighted by Gasteiger charge is -2.50. The largest absolute Gasteiger partial charge is 0.478 e. The van der Waals surface area contributed by atoms with E-state index in [0.717, 1.165) is 37.7 Å². The van der Waals surface area contributed by atoms with Crippen molar-refractivity contribution < 1.29 is 42.1 Å². The zero-order chi connectivity index (χ0) is 24.0. The van der Waals surface area contributed by atoms with Crippen molar-refractivity contribution in [2.24, 2.45) is 5.92 Å². The van der Waals surface area contributed by atoms with Gasteiger partial charge in [0, 0.05) is 12.0 Å². The van der Waals surface area contributed by atoms with Crippen LogP contribution >= 0.6 is 0 Å². The van der Waals surface area contributed by atoms with Gasteiger partial charge in [-0.2, -0.15) is 13.3 Å². The second-order valence-corrected chi connectivity index (χ2v) is 10.5. The third-order valence-electron chi connectivity index (χ3n) is 7.11. The molecule has 34 heavy (non-hydrogen) atoms. The van der Waals surface area contributed by atoms with E-state index >= 15 is 0 Å². The molecule has 2 unspecified atom stereocenters. The van der Waals surface area contributed by atoms with Crippen LogP contribution in [0.1, 0.15) is 60.0 Å². The van der Waals surface area contributed by atoms with Gasteiger partial charge in [0.15, 0.2) is 11.9 Å². The van der Waals surface area contributed by atoms with Gasteiger partial charge in [0.1, 0.15) is 0 Å². The average molecular weight is 491 g/mol. The molecule has 10 heteroatoms. The van der Waals surface area contributed by atoms with E-state index < -0.39 is 33.8 Å². The Morgan fingerprint density at radius 3 is 2.41 bits per heavy atom. The van der Waals surface area contributed by atoms with Crippen LogP contribution < -0.4 is 0 Å². The monoisotopic (exact) mass is 490 g/mol. The highest BCUT2D eigenvalue weighted by atomic mass is 32.2. The molecule has 182 valence electrons. The topological polar surface area (TPSA) is 129 Å². The van der Waals surface area contributed by atoms with E-state index in [9.17, 15) is 17.8 Å². The van der Waals surface area contributed by atoms with Gasteiger partial charge < -0.3 is 14.6 Å². The Morgan fingerprint density at radius 1 is 1.00 bits per heavy atom. The molecule has 0 radical (unpaired) electrons. The third kappa shape index (κ3) is 4.15. The van der Waals surface area contributed by atoms with E-state index in [4.69, 9.17) is 24.4 Å². The zero-order valence-electron chi connectivity index (χ0n) is 18.4. The summed E-state index contributed by atoms with van der Waals surface area (Å²) in [6, 6.07) is 12.2. The molecule has 4 aliphatic rings. The molecule has 0 amide bonds. The van der Waals surface area contributed by atoms with Gasteiger partial charge in [-0.1, -0.05) is 37.1 Å². The summed E-state index contributed by atoms with van der Waals surface area (Å²) in [6.45, 7) is 0.195. The van der Waals surface area contributed by atoms with Crippen LogP contribution in [0.15, 0.2) is 53.4 Å². The molecule has 2 aromatic carbocycles. The first kappa shape index (κ1) is 23.4. The molecule has 2 aromatic rings. The minimum absolute atomic E-state index is 0.169. The summed E-state index contributed by atoms with van der Waals surface area (Å²) in [5, 5.41) is 9.11. The van der Waals surface area contributed by atoms with E-state index in [1.807, 2.05) is 0 Å². The summed E-state index contributed by atoms with van der Waals surface area (Å²) < 4.78 is 44.9. The van der Waals surface area contributed by atoms with Gasteiger partial charge in [0.25, 0.3) is 10.1 Å². The molecule has 3 heterocycles. The minimum atomic E-state index is -4.33. The number of fused-ring (bicyclic) bond motifs is 3. The average Bonchev–Trinajstić information content (AvgIpc) is 3.09. The quantitative estimate of drug-likeness (QED) is 0.455. The molecule has 2 bridgehead atoms. The highest BCUT2D eigenvalue weighted by Crippen LogP contribution is 2.55.